The molecule has 1 heterocycles. The summed E-state index contributed by atoms with van der Waals surface area (Å²) in [4.78, 5) is 18.9. The third-order valence-corrected chi connectivity index (χ3v) is 4.41. The zero-order valence-electron chi connectivity index (χ0n) is 15.7. The van der Waals surface area contributed by atoms with Crippen molar-refractivity contribution in [2.45, 2.75) is 20.3 Å². The van der Waals surface area contributed by atoms with E-state index in [1.807, 2.05) is 12.1 Å². The highest BCUT2D eigenvalue weighted by molar-refractivity contribution is 5.94. The first-order valence-corrected chi connectivity index (χ1v) is 8.91. The number of amides is 1. The summed E-state index contributed by atoms with van der Waals surface area (Å²) in [5.74, 6) is 2.84. The Morgan fingerprint density at radius 1 is 1.24 bits per heavy atom. The third kappa shape index (κ3) is 5.66. The number of nitrogens with zero attached hydrogens (tertiary/aromatic N) is 2. The molecule has 2 rings (SSSR count). The second-order valence-electron chi connectivity index (χ2n) is 6.81. The van der Waals surface area contributed by atoms with Crippen molar-refractivity contribution in [1.82, 2.24) is 15.5 Å². The summed E-state index contributed by atoms with van der Waals surface area (Å²) in [6.45, 7) is 7.80. The fraction of sp³-hybridized carbons (Fsp3) is 0.579. The van der Waals surface area contributed by atoms with E-state index in [0.717, 1.165) is 19.0 Å². The van der Waals surface area contributed by atoms with Crippen LogP contribution in [0.3, 0.4) is 0 Å². The van der Waals surface area contributed by atoms with Crippen LogP contribution in [0.1, 0.15) is 30.6 Å². The zero-order valence-corrected chi connectivity index (χ0v) is 15.7. The molecule has 6 nitrogen and oxygen atoms in total. The molecule has 1 fully saturated rings. The average molecular weight is 346 g/mol. The number of nitrogens with one attached hydrogen (secondary N) is 2. The van der Waals surface area contributed by atoms with Crippen molar-refractivity contribution in [3.63, 3.8) is 0 Å². The maximum absolute atomic E-state index is 12.2. The first-order chi connectivity index (χ1) is 12.0. The number of likely N-dealkylation sites (tertiary alicyclic amines) is 1. The van der Waals surface area contributed by atoms with Crippen LogP contribution in [0.25, 0.3) is 0 Å². The van der Waals surface area contributed by atoms with E-state index in [1.165, 1.54) is 6.42 Å². The quantitative estimate of drug-likeness (QED) is 0.486. The van der Waals surface area contributed by atoms with Crippen LogP contribution in [0.2, 0.25) is 0 Å². The van der Waals surface area contributed by atoms with Crippen molar-refractivity contribution in [2.24, 2.45) is 16.8 Å². The largest absolute Gasteiger partial charge is 0.497 e. The van der Waals surface area contributed by atoms with Gasteiger partial charge in [-0.05, 0) is 36.5 Å². The standard InChI is InChI=1S/C19H30N4O2/c1-14-10-15(2)13-23(12-14)19(20-3)22-9-8-21-18(24)16-6-5-7-17(11-16)25-4/h5-7,11,14-15H,8-10,12-13H2,1-4H3,(H,20,22)(H,21,24). The summed E-state index contributed by atoms with van der Waals surface area (Å²) < 4.78 is 5.15. The topological polar surface area (TPSA) is 66.0 Å². The van der Waals surface area contributed by atoms with E-state index >= 15 is 0 Å². The number of carbonyl (C=O) groups excluding carboxylic acids is 1. The second kappa shape index (κ2) is 9.30. The Morgan fingerprint density at radius 3 is 2.56 bits per heavy atom. The number of piperidine rings is 1. The Morgan fingerprint density at radius 2 is 1.92 bits per heavy atom. The number of aliphatic imine (C=N–C) groups is 1. The lowest BCUT2D eigenvalue weighted by atomic mass is 9.92. The van der Waals surface area contributed by atoms with E-state index < -0.39 is 0 Å². The summed E-state index contributed by atoms with van der Waals surface area (Å²) in [5, 5.41) is 6.27. The van der Waals surface area contributed by atoms with Crippen molar-refractivity contribution < 1.29 is 9.53 Å². The lowest BCUT2D eigenvalue weighted by Gasteiger charge is -2.37. The lowest BCUT2D eigenvalue weighted by Crippen LogP contribution is -2.49. The van der Waals surface area contributed by atoms with Gasteiger partial charge >= 0.3 is 0 Å². The summed E-state index contributed by atoms with van der Waals surface area (Å²) in [6, 6.07) is 7.15. The van der Waals surface area contributed by atoms with E-state index in [2.05, 4.69) is 34.4 Å². The fourth-order valence-electron chi connectivity index (χ4n) is 3.38. The molecule has 2 unspecified atom stereocenters. The molecular formula is C19H30N4O2. The number of methoxy groups -OCH3 is 1. The van der Waals surface area contributed by atoms with Gasteiger partial charge in [-0.1, -0.05) is 19.9 Å². The van der Waals surface area contributed by atoms with Gasteiger partial charge in [-0.3, -0.25) is 9.79 Å². The molecule has 1 aromatic rings. The van der Waals surface area contributed by atoms with Gasteiger partial charge in [0.15, 0.2) is 5.96 Å². The predicted octanol–water partition coefficient (Wildman–Crippen LogP) is 1.98. The second-order valence-corrected chi connectivity index (χ2v) is 6.81. The Balaban J connectivity index is 1.78. The van der Waals surface area contributed by atoms with Crippen LogP contribution in [-0.2, 0) is 0 Å². The average Bonchev–Trinajstić information content (AvgIpc) is 2.60. The van der Waals surface area contributed by atoms with E-state index in [1.54, 1.807) is 26.3 Å². The molecule has 0 aliphatic carbocycles. The van der Waals surface area contributed by atoms with Crippen LogP contribution in [0.4, 0.5) is 0 Å². The number of carbonyl (C=O) groups is 1. The number of hydrogen-bond donors (Lipinski definition) is 2. The fourth-order valence-corrected chi connectivity index (χ4v) is 3.38. The molecule has 1 aromatic carbocycles. The molecule has 0 saturated carbocycles. The SMILES string of the molecule is CN=C(NCCNC(=O)c1cccc(OC)c1)N1CC(C)CC(C)C1. The van der Waals surface area contributed by atoms with Gasteiger partial charge in [0.1, 0.15) is 5.75 Å². The van der Waals surface area contributed by atoms with Crippen LogP contribution in [-0.4, -0.2) is 57.1 Å². The third-order valence-electron chi connectivity index (χ3n) is 4.41. The lowest BCUT2D eigenvalue weighted by molar-refractivity contribution is 0.0954. The molecule has 1 aliphatic heterocycles. The summed E-state index contributed by atoms with van der Waals surface area (Å²) in [7, 11) is 3.40. The minimum atomic E-state index is -0.101. The number of benzene rings is 1. The molecule has 2 N–H and O–H groups in total. The number of ether oxygens (including phenoxy) is 1. The van der Waals surface area contributed by atoms with Crippen LogP contribution in [0, 0.1) is 11.8 Å². The van der Waals surface area contributed by atoms with Crippen LogP contribution in [0.15, 0.2) is 29.3 Å². The van der Waals surface area contributed by atoms with Crippen molar-refractivity contribution in [2.75, 3.05) is 40.3 Å². The first-order valence-electron chi connectivity index (χ1n) is 8.91. The highest BCUT2D eigenvalue weighted by Crippen LogP contribution is 2.20. The Bertz CT molecular complexity index is 593. The van der Waals surface area contributed by atoms with Gasteiger partial charge in [0.2, 0.25) is 0 Å². The summed E-state index contributed by atoms with van der Waals surface area (Å²) >= 11 is 0. The Hall–Kier alpha value is -2.24. The highest BCUT2D eigenvalue weighted by Gasteiger charge is 2.23. The minimum Gasteiger partial charge on any atom is -0.497 e. The van der Waals surface area contributed by atoms with Gasteiger partial charge in [0, 0.05) is 38.8 Å². The minimum absolute atomic E-state index is 0.101. The molecule has 138 valence electrons. The predicted molar refractivity (Wildman–Crippen MR) is 101 cm³/mol. The van der Waals surface area contributed by atoms with Gasteiger partial charge in [0.25, 0.3) is 5.91 Å². The summed E-state index contributed by atoms with van der Waals surface area (Å²) in [6.07, 6.45) is 1.27. The molecule has 25 heavy (non-hydrogen) atoms. The molecule has 1 saturated heterocycles. The van der Waals surface area contributed by atoms with Crippen LogP contribution >= 0.6 is 0 Å². The van der Waals surface area contributed by atoms with Crippen LogP contribution < -0.4 is 15.4 Å². The normalized spacial score (nSPS) is 21.0. The van der Waals surface area contributed by atoms with Crippen LogP contribution in [0.5, 0.6) is 5.75 Å². The molecule has 1 amide bonds. The van der Waals surface area contributed by atoms with Crippen molar-refractivity contribution in [3.8, 4) is 5.75 Å². The number of guanidine groups is 1. The van der Waals surface area contributed by atoms with Crippen molar-refractivity contribution in [3.05, 3.63) is 29.8 Å². The van der Waals surface area contributed by atoms with E-state index in [-0.39, 0.29) is 5.91 Å². The number of hydrogen-bond acceptors (Lipinski definition) is 3. The molecular weight excluding hydrogens is 316 g/mol. The summed E-state index contributed by atoms with van der Waals surface area (Å²) in [5.41, 5.74) is 0.599. The Labute approximate surface area is 150 Å². The van der Waals surface area contributed by atoms with E-state index in [4.69, 9.17) is 4.74 Å². The molecule has 6 heteroatoms. The zero-order chi connectivity index (χ0) is 18.2. The van der Waals surface area contributed by atoms with Gasteiger partial charge in [-0.15, -0.1) is 0 Å². The van der Waals surface area contributed by atoms with Crippen molar-refractivity contribution in [1.29, 1.82) is 0 Å². The molecule has 2 atom stereocenters. The maximum atomic E-state index is 12.2. The molecule has 0 spiro atoms. The van der Waals surface area contributed by atoms with E-state index in [9.17, 15) is 4.79 Å². The maximum Gasteiger partial charge on any atom is 0.251 e. The van der Waals surface area contributed by atoms with Gasteiger partial charge in [-0.25, -0.2) is 0 Å². The molecule has 0 bridgehead atoms. The molecule has 1 aliphatic rings. The number of rotatable bonds is 5. The molecule has 0 aromatic heterocycles. The van der Waals surface area contributed by atoms with E-state index in [0.29, 0.717) is 36.2 Å². The van der Waals surface area contributed by atoms with Gasteiger partial charge in [0.05, 0.1) is 7.11 Å². The Kier molecular flexibility index (Phi) is 7.10. The first kappa shape index (κ1) is 19.1. The monoisotopic (exact) mass is 346 g/mol. The highest BCUT2D eigenvalue weighted by atomic mass is 16.5. The van der Waals surface area contributed by atoms with Crippen molar-refractivity contribution >= 4 is 11.9 Å². The van der Waals surface area contributed by atoms with Gasteiger partial charge < -0.3 is 20.3 Å². The van der Waals surface area contributed by atoms with Gasteiger partial charge in [-0.2, -0.15) is 0 Å². The molecule has 0 radical (unpaired) electrons. The smallest absolute Gasteiger partial charge is 0.251 e.